The zero-order valence-electron chi connectivity index (χ0n) is 8.96. The maximum absolute atomic E-state index is 13.0. The van der Waals surface area contributed by atoms with E-state index < -0.39 is 11.6 Å². The van der Waals surface area contributed by atoms with Gasteiger partial charge in [-0.1, -0.05) is 6.07 Å². The van der Waals surface area contributed by atoms with Gasteiger partial charge in [0, 0.05) is 12.6 Å². The van der Waals surface area contributed by atoms with Crippen LogP contribution in [0.1, 0.15) is 12.0 Å². The molecule has 2 N–H and O–H groups in total. The summed E-state index contributed by atoms with van der Waals surface area (Å²) in [7, 11) is 0. The van der Waals surface area contributed by atoms with Crippen LogP contribution in [0, 0.1) is 17.6 Å². The number of rotatable bonds is 3. The lowest BCUT2D eigenvalue weighted by Crippen LogP contribution is -2.32. The molecular weight excluding hydrogens is 212 g/mol. The van der Waals surface area contributed by atoms with E-state index in [-0.39, 0.29) is 6.04 Å². The molecule has 1 fully saturated rings. The molecule has 1 saturated heterocycles. The van der Waals surface area contributed by atoms with Crippen LogP contribution in [0.4, 0.5) is 8.78 Å². The fourth-order valence-corrected chi connectivity index (χ4v) is 2.00. The van der Waals surface area contributed by atoms with Crippen LogP contribution in [-0.2, 0) is 11.2 Å². The Kier molecular flexibility index (Phi) is 3.51. The predicted octanol–water partition coefficient (Wildman–Crippen LogP) is 1.87. The van der Waals surface area contributed by atoms with Crippen LogP contribution in [0.2, 0.25) is 0 Å². The van der Waals surface area contributed by atoms with E-state index in [4.69, 9.17) is 10.5 Å². The van der Waals surface area contributed by atoms with Gasteiger partial charge in [-0.3, -0.25) is 0 Å². The SMILES string of the molecule is N[C@@H](Cc1ccc(F)c(F)c1)[C@H]1CCOC1. The monoisotopic (exact) mass is 227 g/mol. The molecule has 1 aromatic carbocycles. The third-order valence-corrected chi connectivity index (χ3v) is 3.03. The van der Waals surface area contributed by atoms with E-state index >= 15 is 0 Å². The van der Waals surface area contributed by atoms with Crippen LogP contribution in [0.5, 0.6) is 0 Å². The van der Waals surface area contributed by atoms with Gasteiger partial charge in [-0.15, -0.1) is 0 Å². The molecule has 0 aromatic heterocycles. The number of nitrogens with two attached hydrogens (primary N) is 1. The number of halogens is 2. The second-order valence-electron chi connectivity index (χ2n) is 4.24. The van der Waals surface area contributed by atoms with Gasteiger partial charge in [-0.2, -0.15) is 0 Å². The van der Waals surface area contributed by atoms with E-state index in [1.807, 2.05) is 0 Å². The van der Waals surface area contributed by atoms with Crippen molar-refractivity contribution >= 4 is 0 Å². The Balaban J connectivity index is 1.99. The van der Waals surface area contributed by atoms with Gasteiger partial charge in [-0.05, 0) is 36.5 Å². The van der Waals surface area contributed by atoms with E-state index in [9.17, 15) is 8.78 Å². The lowest BCUT2D eigenvalue weighted by Gasteiger charge is -2.17. The Labute approximate surface area is 93.4 Å². The Morgan fingerprint density at radius 1 is 1.38 bits per heavy atom. The van der Waals surface area contributed by atoms with Crippen LogP contribution in [-0.4, -0.2) is 19.3 Å². The van der Waals surface area contributed by atoms with E-state index in [1.54, 1.807) is 6.07 Å². The summed E-state index contributed by atoms with van der Waals surface area (Å²) in [6.45, 7) is 1.42. The molecule has 1 aliphatic heterocycles. The minimum atomic E-state index is -0.818. The highest BCUT2D eigenvalue weighted by Crippen LogP contribution is 2.19. The van der Waals surface area contributed by atoms with Gasteiger partial charge in [0.05, 0.1) is 6.61 Å². The van der Waals surface area contributed by atoms with Crippen molar-refractivity contribution in [3.63, 3.8) is 0 Å². The molecule has 0 radical (unpaired) electrons. The summed E-state index contributed by atoms with van der Waals surface area (Å²) in [6.07, 6.45) is 1.51. The topological polar surface area (TPSA) is 35.2 Å². The zero-order valence-corrected chi connectivity index (χ0v) is 8.96. The quantitative estimate of drug-likeness (QED) is 0.855. The number of benzene rings is 1. The van der Waals surface area contributed by atoms with Crippen molar-refractivity contribution in [3.05, 3.63) is 35.4 Å². The largest absolute Gasteiger partial charge is 0.381 e. The molecule has 4 heteroatoms. The maximum Gasteiger partial charge on any atom is 0.159 e. The molecule has 1 heterocycles. The van der Waals surface area contributed by atoms with E-state index in [2.05, 4.69) is 0 Å². The molecule has 2 atom stereocenters. The van der Waals surface area contributed by atoms with E-state index in [0.717, 1.165) is 24.7 Å². The van der Waals surface area contributed by atoms with Crippen molar-refractivity contribution in [1.29, 1.82) is 0 Å². The average molecular weight is 227 g/mol. The molecule has 0 spiro atoms. The van der Waals surface area contributed by atoms with Crippen LogP contribution < -0.4 is 5.73 Å². The first-order chi connectivity index (χ1) is 7.66. The molecule has 0 bridgehead atoms. The highest BCUT2D eigenvalue weighted by Gasteiger charge is 2.23. The van der Waals surface area contributed by atoms with Gasteiger partial charge in [0.15, 0.2) is 11.6 Å². The number of hydrogen-bond acceptors (Lipinski definition) is 2. The van der Waals surface area contributed by atoms with Crippen molar-refractivity contribution in [2.75, 3.05) is 13.2 Å². The summed E-state index contributed by atoms with van der Waals surface area (Å²) < 4.78 is 30.9. The van der Waals surface area contributed by atoms with Crippen LogP contribution in [0.25, 0.3) is 0 Å². The van der Waals surface area contributed by atoms with Crippen LogP contribution >= 0.6 is 0 Å². The lowest BCUT2D eigenvalue weighted by atomic mass is 9.94. The smallest absolute Gasteiger partial charge is 0.159 e. The van der Waals surface area contributed by atoms with Crippen molar-refractivity contribution in [1.82, 2.24) is 0 Å². The third kappa shape index (κ3) is 2.57. The summed E-state index contributed by atoms with van der Waals surface area (Å²) in [5, 5.41) is 0. The fraction of sp³-hybridized carbons (Fsp3) is 0.500. The fourth-order valence-electron chi connectivity index (χ4n) is 2.00. The second-order valence-corrected chi connectivity index (χ2v) is 4.24. The first-order valence-corrected chi connectivity index (χ1v) is 5.44. The minimum Gasteiger partial charge on any atom is -0.381 e. The highest BCUT2D eigenvalue weighted by molar-refractivity contribution is 5.19. The molecule has 1 aliphatic rings. The average Bonchev–Trinajstić information content (AvgIpc) is 2.77. The summed E-state index contributed by atoms with van der Waals surface area (Å²) in [5.74, 6) is -1.30. The molecular formula is C12H15F2NO. The summed E-state index contributed by atoms with van der Waals surface area (Å²) in [4.78, 5) is 0. The van der Waals surface area contributed by atoms with Crippen LogP contribution in [0.15, 0.2) is 18.2 Å². The van der Waals surface area contributed by atoms with E-state index in [0.29, 0.717) is 18.9 Å². The Bertz CT molecular complexity index is 364. The molecule has 0 unspecified atom stereocenters. The number of hydrogen-bond donors (Lipinski definition) is 1. The molecule has 88 valence electrons. The first-order valence-electron chi connectivity index (χ1n) is 5.44. The van der Waals surface area contributed by atoms with Gasteiger partial charge in [0.2, 0.25) is 0 Å². The van der Waals surface area contributed by atoms with Gasteiger partial charge >= 0.3 is 0 Å². The van der Waals surface area contributed by atoms with Gasteiger partial charge < -0.3 is 10.5 Å². The molecule has 0 saturated carbocycles. The molecule has 16 heavy (non-hydrogen) atoms. The van der Waals surface area contributed by atoms with Crippen molar-refractivity contribution in [2.24, 2.45) is 11.7 Å². The highest BCUT2D eigenvalue weighted by atomic mass is 19.2. The lowest BCUT2D eigenvalue weighted by molar-refractivity contribution is 0.180. The van der Waals surface area contributed by atoms with Crippen molar-refractivity contribution in [3.8, 4) is 0 Å². The van der Waals surface area contributed by atoms with Gasteiger partial charge in [-0.25, -0.2) is 8.78 Å². The molecule has 2 rings (SSSR count). The molecule has 1 aromatic rings. The summed E-state index contributed by atoms with van der Waals surface area (Å²) in [5.41, 5.74) is 6.74. The normalized spacial score (nSPS) is 22.3. The molecule has 2 nitrogen and oxygen atoms in total. The second kappa shape index (κ2) is 4.89. The first kappa shape index (κ1) is 11.5. The molecule has 0 amide bonds. The summed E-state index contributed by atoms with van der Waals surface area (Å²) >= 11 is 0. The summed E-state index contributed by atoms with van der Waals surface area (Å²) in [6, 6.07) is 3.88. The number of ether oxygens (including phenoxy) is 1. The van der Waals surface area contributed by atoms with Crippen molar-refractivity contribution in [2.45, 2.75) is 18.9 Å². The maximum atomic E-state index is 13.0. The van der Waals surface area contributed by atoms with Gasteiger partial charge in [0.25, 0.3) is 0 Å². The van der Waals surface area contributed by atoms with E-state index in [1.165, 1.54) is 6.07 Å². The standard InChI is InChI=1S/C12H15F2NO/c13-10-2-1-8(5-11(10)14)6-12(15)9-3-4-16-7-9/h1-2,5,9,12H,3-4,6-7,15H2/t9-,12-/m0/s1. The predicted molar refractivity (Wildman–Crippen MR) is 57.0 cm³/mol. The minimum absolute atomic E-state index is 0.0487. The third-order valence-electron chi connectivity index (χ3n) is 3.03. The zero-order chi connectivity index (χ0) is 11.5. The Hall–Kier alpha value is -1.00. The van der Waals surface area contributed by atoms with Crippen LogP contribution in [0.3, 0.4) is 0 Å². The molecule has 0 aliphatic carbocycles. The Morgan fingerprint density at radius 2 is 2.19 bits per heavy atom. The Morgan fingerprint density at radius 3 is 2.81 bits per heavy atom. The van der Waals surface area contributed by atoms with Gasteiger partial charge in [0.1, 0.15) is 0 Å². The van der Waals surface area contributed by atoms with Crippen molar-refractivity contribution < 1.29 is 13.5 Å².